The molecule has 0 spiro atoms. The Bertz CT molecular complexity index is 384. The van der Waals surface area contributed by atoms with Crippen molar-refractivity contribution in [1.29, 1.82) is 0 Å². The van der Waals surface area contributed by atoms with Crippen LogP contribution in [0, 0.1) is 5.92 Å². The van der Waals surface area contributed by atoms with Crippen LogP contribution in [0.15, 0.2) is 24.3 Å². The maximum atomic E-state index is 5.72. The van der Waals surface area contributed by atoms with Crippen LogP contribution in [0.5, 0.6) is 0 Å². The average molecular weight is 230 g/mol. The van der Waals surface area contributed by atoms with Gasteiger partial charge in [-0.3, -0.25) is 0 Å². The summed E-state index contributed by atoms with van der Waals surface area (Å²) in [5.41, 5.74) is 8.08. The third-order valence-electron chi connectivity index (χ3n) is 4.45. The van der Waals surface area contributed by atoms with Crippen LogP contribution in [0.2, 0.25) is 0 Å². The summed E-state index contributed by atoms with van der Waals surface area (Å²) < 4.78 is 0. The molecule has 0 bridgehead atoms. The molecule has 1 aliphatic carbocycles. The molecule has 2 aliphatic rings. The smallest absolute Gasteiger partial charge is 0.0314 e. The maximum absolute atomic E-state index is 5.72. The molecule has 3 rings (SSSR count). The van der Waals surface area contributed by atoms with Crippen molar-refractivity contribution in [3.05, 3.63) is 29.8 Å². The van der Waals surface area contributed by atoms with Crippen molar-refractivity contribution < 1.29 is 0 Å². The Morgan fingerprint density at radius 1 is 1.29 bits per heavy atom. The van der Waals surface area contributed by atoms with Crippen molar-refractivity contribution in [2.75, 3.05) is 18.8 Å². The number of benzene rings is 1. The largest absolute Gasteiger partial charge is 0.399 e. The number of rotatable bonds is 3. The van der Waals surface area contributed by atoms with Gasteiger partial charge in [0.05, 0.1) is 0 Å². The van der Waals surface area contributed by atoms with E-state index in [-0.39, 0.29) is 0 Å². The quantitative estimate of drug-likeness (QED) is 0.809. The Morgan fingerprint density at radius 3 is 2.71 bits per heavy atom. The summed E-state index contributed by atoms with van der Waals surface area (Å²) in [6.45, 7) is 4.98. The van der Waals surface area contributed by atoms with Gasteiger partial charge in [-0.05, 0) is 62.3 Å². The summed E-state index contributed by atoms with van der Waals surface area (Å²) in [7, 11) is 0. The minimum atomic E-state index is 0.795. The summed E-state index contributed by atoms with van der Waals surface area (Å²) >= 11 is 0. The summed E-state index contributed by atoms with van der Waals surface area (Å²) in [5.74, 6) is 1.68. The zero-order valence-electron chi connectivity index (χ0n) is 10.6. The molecule has 1 saturated heterocycles. The molecule has 0 aromatic heterocycles. The molecule has 1 aromatic carbocycles. The van der Waals surface area contributed by atoms with E-state index in [1.165, 1.54) is 37.9 Å². The van der Waals surface area contributed by atoms with Gasteiger partial charge in [0, 0.05) is 18.3 Å². The molecule has 3 atom stereocenters. The van der Waals surface area contributed by atoms with Crippen molar-refractivity contribution in [3.8, 4) is 0 Å². The van der Waals surface area contributed by atoms with Gasteiger partial charge in [-0.1, -0.05) is 12.1 Å². The predicted octanol–water partition coefficient (Wildman–Crippen LogP) is 2.86. The molecule has 0 radical (unpaired) electrons. The number of nitrogen functional groups attached to an aromatic ring is 1. The van der Waals surface area contributed by atoms with Gasteiger partial charge in [0.15, 0.2) is 0 Å². The van der Waals surface area contributed by atoms with Crippen LogP contribution in [0.3, 0.4) is 0 Å². The number of nitrogens with two attached hydrogens (primary N) is 1. The average Bonchev–Trinajstić information content (AvgIpc) is 2.97. The van der Waals surface area contributed by atoms with E-state index in [9.17, 15) is 0 Å². The zero-order chi connectivity index (χ0) is 11.8. The molecule has 2 nitrogen and oxygen atoms in total. The van der Waals surface area contributed by atoms with Gasteiger partial charge in [0.1, 0.15) is 0 Å². The molecule has 92 valence electrons. The second-order valence-corrected chi connectivity index (χ2v) is 5.76. The number of likely N-dealkylation sites (tertiary alicyclic amines) is 1. The maximum Gasteiger partial charge on any atom is 0.0314 e. The first-order valence-corrected chi connectivity index (χ1v) is 6.83. The predicted molar refractivity (Wildman–Crippen MR) is 72.0 cm³/mol. The van der Waals surface area contributed by atoms with Crippen molar-refractivity contribution >= 4 is 5.69 Å². The second-order valence-electron chi connectivity index (χ2n) is 5.76. The van der Waals surface area contributed by atoms with Gasteiger partial charge in [0.2, 0.25) is 0 Å². The first-order chi connectivity index (χ1) is 8.24. The van der Waals surface area contributed by atoms with Gasteiger partial charge in [-0.2, -0.15) is 0 Å². The van der Waals surface area contributed by atoms with Gasteiger partial charge in [-0.15, -0.1) is 0 Å². The van der Waals surface area contributed by atoms with Crippen molar-refractivity contribution in [2.45, 2.75) is 38.1 Å². The Balaban J connectivity index is 1.57. The summed E-state index contributed by atoms with van der Waals surface area (Å²) in [6.07, 6.45) is 4.15. The molecule has 0 amide bonds. The highest BCUT2D eigenvalue weighted by Gasteiger charge is 2.40. The van der Waals surface area contributed by atoms with E-state index in [2.05, 4.69) is 24.0 Å². The van der Waals surface area contributed by atoms with E-state index < -0.39 is 0 Å². The van der Waals surface area contributed by atoms with Gasteiger partial charge in [0.25, 0.3) is 0 Å². The lowest BCUT2D eigenvalue weighted by atomic mass is 10.1. The Kier molecular flexibility index (Phi) is 2.83. The normalized spacial score (nSPS) is 32.9. The lowest BCUT2D eigenvalue weighted by molar-refractivity contribution is 0.256. The topological polar surface area (TPSA) is 29.3 Å². The van der Waals surface area contributed by atoms with Crippen LogP contribution in [0.1, 0.15) is 37.7 Å². The monoisotopic (exact) mass is 230 g/mol. The first-order valence-electron chi connectivity index (χ1n) is 6.83. The highest BCUT2D eigenvalue weighted by molar-refractivity contribution is 5.41. The van der Waals surface area contributed by atoms with Crippen LogP contribution < -0.4 is 5.73 Å². The SMILES string of the molecule is C[C@H]1CCCN1CC1C[C@@H]1c1ccc(N)cc1. The van der Waals surface area contributed by atoms with Crippen LogP contribution in [-0.2, 0) is 0 Å². The van der Waals surface area contributed by atoms with Crippen molar-refractivity contribution in [2.24, 2.45) is 5.92 Å². The van der Waals surface area contributed by atoms with Crippen LogP contribution in [-0.4, -0.2) is 24.0 Å². The minimum absolute atomic E-state index is 0.795. The van der Waals surface area contributed by atoms with E-state index >= 15 is 0 Å². The second kappa shape index (κ2) is 4.34. The van der Waals surface area contributed by atoms with E-state index in [0.29, 0.717) is 0 Å². The van der Waals surface area contributed by atoms with E-state index in [0.717, 1.165) is 23.6 Å². The zero-order valence-corrected chi connectivity index (χ0v) is 10.6. The fourth-order valence-electron chi connectivity index (χ4n) is 3.17. The van der Waals surface area contributed by atoms with Crippen LogP contribution in [0.25, 0.3) is 0 Å². The standard InChI is InChI=1S/C15H22N2/c1-11-3-2-8-17(11)10-13-9-15(13)12-4-6-14(16)7-5-12/h4-7,11,13,15H,2-3,8-10,16H2,1H3/t11-,13?,15+/m0/s1. The summed E-state index contributed by atoms with van der Waals surface area (Å²) in [6, 6.07) is 9.27. The minimum Gasteiger partial charge on any atom is -0.399 e. The third-order valence-corrected chi connectivity index (χ3v) is 4.45. The molecular formula is C15H22N2. The number of hydrogen-bond acceptors (Lipinski definition) is 2. The molecule has 2 fully saturated rings. The fourth-order valence-corrected chi connectivity index (χ4v) is 3.17. The number of anilines is 1. The molecular weight excluding hydrogens is 208 g/mol. The molecule has 2 N–H and O–H groups in total. The molecule has 1 saturated carbocycles. The van der Waals surface area contributed by atoms with E-state index in [4.69, 9.17) is 5.73 Å². The highest BCUT2D eigenvalue weighted by atomic mass is 15.2. The Morgan fingerprint density at radius 2 is 2.06 bits per heavy atom. The summed E-state index contributed by atoms with van der Waals surface area (Å²) in [4.78, 5) is 2.67. The van der Waals surface area contributed by atoms with E-state index in [1.807, 2.05) is 12.1 Å². The van der Waals surface area contributed by atoms with E-state index in [1.54, 1.807) is 0 Å². The summed E-state index contributed by atoms with van der Waals surface area (Å²) in [5, 5.41) is 0. The Hall–Kier alpha value is -1.02. The molecule has 1 heterocycles. The third kappa shape index (κ3) is 2.32. The first kappa shape index (κ1) is 11.1. The van der Waals surface area contributed by atoms with Crippen LogP contribution in [0.4, 0.5) is 5.69 Å². The lowest BCUT2D eigenvalue weighted by Crippen LogP contribution is -2.29. The lowest BCUT2D eigenvalue weighted by Gasteiger charge is -2.20. The molecule has 1 unspecified atom stereocenters. The van der Waals surface area contributed by atoms with Crippen LogP contribution >= 0.6 is 0 Å². The van der Waals surface area contributed by atoms with Gasteiger partial charge >= 0.3 is 0 Å². The molecule has 1 aromatic rings. The molecule has 2 heteroatoms. The fraction of sp³-hybridized carbons (Fsp3) is 0.600. The van der Waals surface area contributed by atoms with Crippen molar-refractivity contribution in [1.82, 2.24) is 4.90 Å². The molecule has 1 aliphatic heterocycles. The molecule has 17 heavy (non-hydrogen) atoms. The number of nitrogens with zero attached hydrogens (tertiary/aromatic N) is 1. The Labute approximate surface area is 104 Å². The number of hydrogen-bond donors (Lipinski definition) is 1. The van der Waals surface area contributed by atoms with Gasteiger partial charge in [-0.25, -0.2) is 0 Å². The highest BCUT2D eigenvalue weighted by Crippen LogP contribution is 2.48. The van der Waals surface area contributed by atoms with Crippen molar-refractivity contribution in [3.63, 3.8) is 0 Å². The van der Waals surface area contributed by atoms with Gasteiger partial charge < -0.3 is 10.6 Å².